The van der Waals surface area contributed by atoms with Gasteiger partial charge in [0.15, 0.2) is 5.76 Å². The summed E-state index contributed by atoms with van der Waals surface area (Å²) in [5, 5.41) is 9.86. The van der Waals surface area contributed by atoms with Gasteiger partial charge in [-0.15, -0.1) is 5.10 Å². The number of hydrogen-bond donors (Lipinski definition) is 2. The standard InChI is InChI=1S/C18H19N5O3/c24-17(20-13-5-2-1-3-6-13)19-10-11-22-18(25)23(14-8-9-14)16(21-22)15-7-4-12-26-15/h1-7,12,14H,8-11H2,(H2,19,20,24). The Morgan fingerprint density at radius 2 is 2.00 bits per heavy atom. The van der Waals surface area contributed by atoms with E-state index < -0.39 is 0 Å². The molecule has 0 bridgehead atoms. The van der Waals surface area contributed by atoms with Gasteiger partial charge in [-0.3, -0.25) is 4.57 Å². The zero-order valence-electron chi connectivity index (χ0n) is 14.1. The number of carbonyl (C=O) groups is 1. The zero-order valence-corrected chi connectivity index (χ0v) is 14.1. The summed E-state index contributed by atoms with van der Waals surface area (Å²) in [6, 6.07) is 12.6. The number of aromatic nitrogens is 3. The second-order valence-electron chi connectivity index (χ2n) is 6.15. The highest BCUT2D eigenvalue weighted by Crippen LogP contribution is 2.36. The van der Waals surface area contributed by atoms with Gasteiger partial charge < -0.3 is 15.1 Å². The third-order valence-electron chi connectivity index (χ3n) is 4.16. The molecule has 2 N–H and O–H groups in total. The first-order valence-electron chi connectivity index (χ1n) is 8.55. The maximum absolute atomic E-state index is 12.6. The van der Waals surface area contributed by atoms with Gasteiger partial charge in [0.05, 0.1) is 12.8 Å². The first-order chi connectivity index (χ1) is 12.7. The van der Waals surface area contributed by atoms with Gasteiger partial charge in [0.2, 0.25) is 5.82 Å². The lowest BCUT2D eigenvalue weighted by Crippen LogP contribution is -2.34. The summed E-state index contributed by atoms with van der Waals surface area (Å²) in [4.78, 5) is 24.5. The van der Waals surface area contributed by atoms with Crippen LogP contribution in [0.1, 0.15) is 18.9 Å². The summed E-state index contributed by atoms with van der Waals surface area (Å²) in [5.74, 6) is 1.11. The fourth-order valence-corrected chi connectivity index (χ4v) is 2.77. The quantitative estimate of drug-likeness (QED) is 0.712. The second-order valence-corrected chi connectivity index (χ2v) is 6.15. The van der Waals surface area contributed by atoms with Crippen LogP contribution in [-0.2, 0) is 6.54 Å². The average Bonchev–Trinajstić information content (AvgIpc) is 3.22. The highest BCUT2D eigenvalue weighted by atomic mass is 16.3. The van der Waals surface area contributed by atoms with Crippen LogP contribution in [0.2, 0.25) is 0 Å². The first kappa shape index (κ1) is 16.2. The topological polar surface area (TPSA) is 94.1 Å². The molecule has 134 valence electrons. The molecule has 2 aromatic heterocycles. The van der Waals surface area contributed by atoms with Crippen molar-refractivity contribution in [2.45, 2.75) is 25.4 Å². The molecule has 26 heavy (non-hydrogen) atoms. The van der Waals surface area contributed by atoms with E-state index in [9.17, 15) is 9.59 Å². The molecule has 2 heterocycles. The van der Waals surface area contributed by atoms with E-state index in [4.69, 9.17) is 4.42 Å². The van der Waals surface area contributed by atoms with Gasteiger partial charge in [-0.1, -0.05) is 18.2 Å². The highest BCUT2D eigenvalue weighted by Gasteiger charge is 2.31. The molecule has 1 saturated carbocycles. The molecular weight excluding hydrogens is 334 g/mol. The van der Waals surface area contributed by atoms with Crippen molar-refractivity contribution < 1.29 is 9.21 Å². The minimum atomic E-state index is -0.322. The molecule has 0 spiro atoms. The van der Waals surface area contributed by atoms with Gasteiger partial charge in [-0.25, -0.2) is 14.3 Å². The summed E-state index contributed by atoms with van der Waals surface area (Å²) < 4.78 is 8.46. The maximum atomic E-state index is 12.6. The van der Waals surface area contributed by atoms with Crippen LogP contribution in [0.3, 0.4) is 0 Å². The van der Waals surface area contributed by atoms with E-state index in [1.165, 1.54) is 4.68 Å². The fourth-order valence-electron chi connectivity index (χ4n) is 2.77. The number of para-hydroxylation sites is 1. The Morgan fingerprint density at radius 1 is 1.19 bits per heavy atom. The number of nitrogens with one attached hydrogen (secondary N) is 2. The van der Waals surface area contributed by atoms with Crippen LogP contribution >= 0.6 is 0 Å². The van der Waals surface area contributed by atoms with E-state index in [1.807, 2.05) is 18.2 Å². The lowest BCUT2D eigenvalue weighted by molar-refractivity contribution is 0.251. The molecule has 8 nitrogen and oxygen atoms in total. The van der Waals surface area contributed by atoms with Crippen molar-refractivity contribution >= 4 is 11.7 Å². The Hall–Kier alpha value is -3.29. The fraction of sp³-hybridized carbons (Fsp3) is 0.278. The first-order valence-corrected chi connectivity index (χ1v) is 8.55. The van der Waals surface area contributed by atoms with Gasteiger partial charge in [-0.05, 0) is 37.1 Å². The molecule has 3 aromatic rings. The Balaban J connectivity index is 1.41. The molecule has 1 aromatic carbocycles. The summed E-state index contributed by atoms with van der Waals surface area (Å²) in [6.45, 7) is 0.576. The number of urea groups is 1. The number of carbonyl (C=O) groups excluding carboxylic acids is 1. The Bertz CT molecular complexity index is 939. The van der Waals surface area contributed by atoms with Crippen LogP contribution in [0.4, 0.5) is 10.5 Å². The molecule has 0 radical (unpaired) electrons. The van der Waals surface area contributed by atoms with E-state index in [2.05, 4.69) is 15.7 Å². The number of benzene rings is 1. The van der Waals surface area contributed by atoms with Crippen molar-refractivity contribution in [3.05, 3.63) is 59.2 Å². The molecule has 0 atom stereocenters. The summed E-state index contributed by atoms with van der Waals surface area (Å²) in [5.41, 5.74) is 0.532. The van der Waals surface area contributed by atoms with Crippen LogP contribution in [0.5, 0.6) is 0 Å². The second kappa shape index (κ2) is 6.91. The zero-order chi connectivity index (χ0) is 17.9. The number of nitrogens with zero attached hydrogens (tertiary/aromatic N) is 3. The number of hydrogen-bond acceptors (Lipinski definition) is 4. The monoisotopic (exact) mass is 353 g/mol. The Morgan fingerprint density at radius 3 is 2.69 bits per heavy atom. The van der Waals surface area contributed by atoms with E-state index in [0.717, 1.165) is 12.8 Å². The average molecular weight is 353 g/mol. The minimum Gasteiger partial charge on any atom is -0.461 e. The van der Waals surface area contributed by atoms with Gasteiger partial charge in [-0.2, -0.15) is 0 Å². The Labute approximate surface area is 149 Å². The smallest absolute Gasteiger partial charge is 0.346 e. The van der Waals surface area contributed by atoms with Crippen molar-refractivity contribution in [2.24, 2.45) is 0 Å². The SMILES string of the molecule is O=C(NCCn1nc(-c2ccco2)n(C2CC2)c1=O)Nc1ccccc1. The number of furan rings is 1. The normalized spacial score (nSPS) is 13.5. The summed E-state index contributed by atoms with van der Waals surface area (Å²) >= 11 is 0. The van der Waals surface area contributed by atoms with Crippen molar-refractivity contribution in [3.8, 4) is 11.6 Å². The van der Waals surface area contributed by atoms with Gasteiger partial charge in [0, 0.05) is 18.3 Å². The predicted molar refractivity (Wildman–Crippen MR) is 95.9 cm³/mol. The molecule has 0 aliphatic heterocycles. The molecule has 1 fully saturated rings. The lowest BCUT2D eigenvalue weighted by Gasteiger charge is -2.07. The van der Waals surface area contributed by atoms with Crippen molar-refractivity contribution in [3.63, 3.8) is 0 Å². The van der Waals surface area contributed by atoms with E-state index >= 15 is 0 Å². The van der Waals surface area contributed by atoms with E-state index in [1.54, 1.807) is 35.1 Å². The summed E-state index contributed by atoms with van der Waals surface area (Å²) in [7, 11) is 0. The largest absolute Gasteiger partial charge is 0.461 e. The van der Waals surface area contributed by atoms with Crippen molar-refractivity contribution in [1.29, 1.82) is 0 Å². The van der Waals surface area contributed by atoms with Crippen LogP contribution in [0.25, 0.3) is 11.6 Å². The molecule has 0 unspecified atom stereocenters. The molecule has 0 saturated heterocycles. The summed E-state index contributed by atoms with van der Waals surface area (Å²) in [6.07, 6.45) is 3.50. The lowest BCUT2D eigenvalue weighted by atomic mass is 10.3. The molecule has 4 rings (SSSR count). The number of amides is 2. The molecule has 8 heteroatoms. The van der Waals surface area contributed by atoms with Gasteiger partial charge in [0.25, 0.3) is 0 Å². The van der Waals surface area contributed by atoms with E-state index in [0.29, 0.717) is 17.3 Å². The van der Waals surface area contributed by atoms with Gasteiger partial charge >= 0.3 is 11.7 Å². The third-order valence-corrected chi connectivity index (χ3v) is 4.16. The predicted octanol–water partition coefficient (Wildman–Crippen LogP) is 2.46. The van der Waals surface area contributed by atoms with E-state index in [-0.39, 0.29) is 30.9 Å². The minimum absolute atomic E-state index is 0.177. The number of anilines is 1. The maximum Gasteiger partial charge on any atom is 0.346 e. The van der Waals surface area contributed by atoms with Crippen LogP contribution in [0, 0.1) is 0 Å². The van der Waals surface area contributed by atoms with Crippen molar-refractivity contribution in [1.82, 2.24) is 19.7 Å². The van der Waals surface area contributed by atoms with Crippen LogP contribution < -0.4 is 16.3 Å². The highest BCUT2D eigenvalue weighted by molar-refractivity contribution is 5.89. The van der Waals surface area contributed by atoms with Gasteiger partial charge in [0.1, 0.15) is 0 Å². The molecule has 1 aliphatic rings. The van der Waals surface area contributed by atoms with Crippen LogP contribution in [0.15, 0.2) is 57.9 Å². The molecular formula is C18H19N5O3. The van der Waals surface area contributed by atoms with Crippen molar-refractivity contribution in [2.75, 3.05) is 11.9 Å². The molecule has 1 aliphatic carbocycles. The molecule has 2 amide bonds. The third kappa shape index (κ3) is 3.39. The van der Waals surface area contributed by atoms with Crippen LogP contribution in [-0.4, -0.2) is 26.9 Å². The number of rotatable bonds is 6. The Kier molecular flexibility index (Phi) is 4.30.